The fraction of sp³-hybridized carbons (Fsp3) is 0.182. The third kappa shape index (κ3) is 5.26. The van der Waals surface area contributed by atoms with Gasteiger partial charge in [0.2, 0.25) is 0 Å². The minimum absolute atomic E-state index is 0.00520. The maximum atomic E-state index is 13.7. The molecule has 0 saturated carbocycles. The zero-order valence-electron chi connectivity index (χ0n) is 17.6. The number of rotatable bonds is 7. The monoisotopic (exact) mass is 527 g/mol. The molecule has 0 aliphatic carbocycles. The first-order valence-corrected chi connectivity index (χ1v) is 13.5. The van der Waals surface area contributed by atoms with Gasteiger partial charge in [-0.2, -0.15) is 0 Å². The van der Waals surface area contributed by atoms with Gasteiger partial charge in [0.1, 0.15) is 0 Å². The number of nitrogens with zero attached hydrogens (tertiary/aromatic N) is 1. The lowest BCUT2D eigenvalue weighted by molar-refractivity contribution is 0.504. The van der Waals surface area contributed by atoms with E-state index in [9.17, 15) is 25.6 Å². The van der Waals surface area contributed by atoms with E-state index in [1.807, 2.05) is 4.90 Å². The highest BCUT2D eigenvalue weighted by Crippen LogP contribution is 2.33. The van der Waals surface area contributed by atoms with Crippen LogP contribution < -0.4 is 14.3 Å². The second-order valence-electron chi connectivity index (χ2n) is 7.67. The van der Waals surface area contributed by atoms with Gasteiger partial charge in [-0.15, -0.1) is 0 Å². The molecule has 7 nitrogen and oxygen atoms in total. The molecule has 1 fully saturated rings. The van der Waals surface area contributed by atoms with Gasteiger partial charge in [0.05, 0.1) is 21.2 Å². The van der Waals surface area contributed by atoms with Gasteiger partial charge < -0.3 is 4.90 Å². The summed E-state index contributed by atoms with van der Waals surface area (Å²) in [7, 11) is -8.42. The first-order chi connectivity index (χ1) is 16.0. The molecule has 0 amide bonds. The quantitative estimate of drug-likeness (QED) is 0.459. The lowest BCUT2D eigenvalue weighted by Crippen LogP contribution is -2.22. The van der Waals surface area contributed by atoms with E-state index in [1.54, 1.807) is 0 Å². The maximum absolute atomic E-state index is 13.7. The standard InChI is InChI=1S/C22H20ClF2N3O4S2/c23-15-3-5-16(6-4-15)26-33(29,30)18-8-10-22(28-11-1-2-12-28)21(14-18)27-34(31,32)17-7-9-19(24)20(25)13-17/h3-10,13-14,26-27H,1-2,11-12H2. The molecule has 3 aromatic carbocycles. The smallest absolute Gasteiger partial charge is 0.262 e. The van der Waals surface area contributed by atoms with Crippen molar-refractivity contribution in [2.24, 2.45) is 0 Å². The topological polar surface area (TPSA) is 95.6 Å². The maximum Gasteiger partial charge on any atom is 0.262 e. The van der Waals surface area contributed by atoms with Gasteiger partial charge in [-0.3, -0.25) is 9.44 Å². The summed E-state index contributed by atoms with van der Waals surface area (Å²) in [6.45, 7) is 1.32. The molecule has 34 heavy (non-hydrogen) atoms. The van der Waals surface area contributed by atoms with Gasteiger partial charge in [0.25, 0.3) is 20.0 Å². The Morgan fingerprint density at radius 3 is 1.97 bits per heavy atom. The third-order valence-corrected chi connectivity index (χ3v) is 8.26. The Morgan fingerprint density at radius 2 is 1.32 bits per heavy atom. The van der Waals surface area contributed by atoms with E-state index in [-0.39, 0.29) is 16.3 Å². The van der Waals surface area contributed by atoms with Gasteiger partial charge in [0.15, 0.2) is 11.6 Å². The van der Waals surface area contributed by atoms with E-state index in [0.29, 0.717) is 35.9 Å². The first kappa shape index (κ1) is 24.2. The summed E-state index contributed by atoms with van der Waals surface area (Å²) in [5.41, 5.74) is 0.761. The van der Waals surface area contributed by atoms with Gasteiger partial charge in [-0.25, -0.2) is 25.6 Å². The van der Waals surface area contributed by atoms with Crippen molar-refractivity contribution in [2.45, 2.75) is 22.6 Å². The first-order valence-electron chi connectivity index (χ1n) is 10.2. The van der Waals surface area contributed by atoms with Crippen molar-refractivity contribution in [3.63, 3.8) is 0 Å². The van der Waals surface area contributed by atoms with Crippen LogP contribution in [0.1, 0.15) is 12.8 Å². The molecule has 12 heteroatoms. The van der Waals surface area contributed by atoms with Crippen molar-refractivity contribution in [3.05, 3.63) is 77.3 Å². The Labute approximate surface area is 201 Å². The largest absolute Gasteiger partial charge is 0.370 e. The summed E-state index contributed by atoms with van der Waals surface area (Å²) in [5, 5.41) is 0.437. The molecular weight excluding hydrogens is 508 g/mol. The molecule has 0 bridgehead atoms. The molecule has 1 saturated heterocycles. The molecule has 1 aliphatic rings. The summed E-state index contributed by atoms with van der Waals surface area (Å²) < 4.78 is 83.5. The van der Waals surface area contributed by atoms with E-state index in [0.717, 1.165) is 18.9 Å². The molecular formula is C22H20ClF2N3O4S2. The van der Waals surface area contributed by atoms with Gasteiger partial charge in [-0.05, 0) is 73.5 Å². The molecule has 180 valence electrons. The van der Waals surface area contributed by atoms with Crippen molar-refractivity contribution in [1.82, 2.24) is 0 Å². The number of hydrogen-bond acceptors (Lipinski definition) is 5. The van der Waals surface area contributed by atoms with E-state index in [1.165, 1.54) is 42.5 Å². The second-order valence-corrected chi connectivity index (χ2v) is 11.5. The fourth-order valence-electron chi connectivity index (χ4n) is 3.58. The zero-order valence-corrected chi connectivity index (χ0v) is 20.0. The zero-order chi connectivity index (χ0) is 24.5. The summed E-state index contributed by atoms with van der Waals surface area (Å²) >= 11 is 5.84. The highest BCUT2D eigenvalue weighted by molar-refractivity contribution is 7.93. The number of sulfonamides is 2. The number of benzene rings is 3. The van der Waals surface area contributed by atoms with Crippen molar-refractivity contribution >= 4 is 48.7 Å². The predicted octanol–water partition coefficient (Wildman–Crippen LogP) is 4.82. The van der Waals surface area contributed by atoms with Crippen LogP contribution in [0, 0.1) is 11.6 Å². The van der Waals surface area contributed by atoms with E-state index < -0.39 is 36.6 Å². The van der Waals surface area contributed by atoms with Crippen LogP contribution >= 0.6 is 11.6 Å². The van der Waals surface area contributed by atoms with E-state index in [4.69, 9.17) is 11.6 Å². The molecule has 0 spiro atoms. The van der Waals surface area contributed by atoms with Crippen LogP contribution in [-0.2, 0) is 20.0 Å². The predicted molar refractivity (Wildman–Crippen MR) is 127 cm³/mol. The number of anilines is 3. The highest BCUT2D eigenvalue weighted by Gasteiger charge is 2.24. The Hall–Kier alpha value is -2.89. The Balaban J connectivity index is 1.72. The van der Waals surface area contributed by atoms with Gasteiger partial charge in [0, 0.05) is 23.8 Å². The molecule has 4 rings (SSSR count). The summed E-state index contributed by atoms with van der Waals surface area (Å²) in [6, 6.07) is 12.3. The van der Waals surface area contributed by atoms with E-state index >= 15 is 0 Å². The van der Waals surface area contributed by atoms with Crippen LogP contribution in [-0.4, -0.2) is 29.9 Å². The van der Waals surface area contributed by atoms with Crippen LogP contribution in [0.4, 0.5) is 25.8 Å². The number of nitrogens with one attached hydrogen (secondary N) is 2. The van der Waals surface area contributed by atoms with Gasteiger partial charge in [-0.1, -0.05) is 11.6 Å². The molecule has 0 atom stereocenters. The Kier molecular flexibility index (Phi) is 6.70. The highest BCUT2D eigenvalue weighted by atomic mass is 35.5. The Morgan fingerprint density at radius 1 is 0.735 bits per heavy atom. The van der Waals surface area contributed by atoms with Crippen LogP contribution in [0.25, 0.3) is 0 Å². The molecule has 0 unspecified atom stereocenters. The fourth-order valence-corrected chi connectivity index (χ4v) is 5.86. The van der Waals surface area contributed by atoms with Crippen LogP contribution in [0.5, 0.6) is 0 Å². The lowest BCUT2D eigenvalue weighted by atomic mass is 10.2. The molecule has 3 aromatic rings. The Bertz CT molecular complexity index is 1430. The van der Waals surface area contributed by atoms with Crippen molar-refractivity contribution in [2.75, 3.05) is 27.4 Å². The minimum atomic E-state index is -4.34. The van der Waals surface area contributed by atoms with Crippen LogP contribution in [0.2, 0.25) is 5.02 Å². The van der Waals surface area contributed by atoms with Crippen molar-refractivity contribution in [3.8, 4) is 0 Å². The second kappa shape index (κ2) is 9.40. The molecule has 2 N–H and O–H groups in total. The number of hydrogen-bond donors (Lipinski definition) is 2. The minimum Gasteiger partial charge on any atom is -0.370 e. The summed E-state index contributed by atoms with van der Waals surface area (Å²) in [5.74, 6) is -2.50. The molecule has 0 radical (unpaired) electrons. The lowest BCUT2D eigenvalue weighted by Gasteiger charge is -2.23. The molecule has 1 aliphatic heterocycles. The average molecular weight is 528 g/mol. The summed E-state index contributed by atoms with van der Waals surface area (Å²) in [4.78, 5) is 1.24. The van der Waals surface area contributed by atoms with Crippen molar-refractivity contribution < 1.29 is 25.6 Å². The third-order valence-electron chi connectivity index (χ3n) is 5.27. The molecule has 1 heterocycles. The molecule has 0 aromatic heterocycles. The van der Waals surface area contributed by atoms with Crippen LogP contribution in [0.15, 0.2) is 70.5 Å². The van der Waals surface area contributed by atoms with Crippen molar-refractivity contribution in [1.29, 1.82) is 0 Å². The summed E-state index contributed by atoms with van der Waals surface area (Å²) in [6.07, 6.45) is 1.79. The average Bonchev–Trinajstić information content (AvgIpc) is 3.31. The normalized spacial score (nSPS) is 14.3. The van der Waals surface area contributed by atoms with E-state index in [2.05, 4.69) is 9.44 Å². The number of halogens is 3. The van der Waals surface area contributed by atoms with Gasteiger partial charge >= 0.3 is 0 Å². The van der Waals surface area contributed by atoms with Crippen LogP contribution in [0.3, 0.4) is 0 Å². The SMILES string of the molecule is O=S(=O)(Nc1ccc(Cl)cc1)c1ccc(N2CCCC2)c(NS(=O)(=O)c2ccc(F)c(F)c2)c1.